The number of methoxy groups -OCH3 is 2. The lowest BCUT2D eigenvalue weighted by molar-refractivity contribution is -0.147. The fourth-order valence-electron chi connectivity index (χ4n) is 10.6. The number of imide groups is 1. The molecule has 0 aromatic heterocycles. The molecule has 0 saturated carbocycles. The van der Waals surface area contributed by atoms with Crippen LogP contribution in [0.1, 0.15) is 105 Å². The first kappa shape index (κ1) is 64.7. The Bertz CT molecular complexity index is 2250. The standard InChI is InChI=1S/C55H87N9O13S/c1-12-35(4)48(42(76-10)31-45(67)63-25-19-22-41(63)49(77-11)36(5)50(69)57-39(53(72)73)30-38-20-15-13-16-21-38)60(9)52(71)47(34(2)3)58-55(59(7)8)62-28-26-61(27-29-62)44(66)23-17-14-18-24-64-46(68)32-43(51(64)70)78-33-40(54(74)75)56-37(6)65/h13,15-16,20-21,34-36,39-43,47-49H,12,14,17-19,22-33H2,1-11H3,(H,56,65)(H,57,69)(H,72,73)(H,74,75)/b58-55+/t35-,36+,39-,40-,41-,42+,43?,47-,48-,49+/m0/s1. The number of carbonyl (C=O) groups is 9. The van der Waals surface area contributed by atoms with Crippen LogP contribution < -0.4 is 10.6 Å². The first-order valence-electron chi connectivity index (χ1n) is 27.4. The van der Waals surface area contributed by atoms with Crippen molar-refractivity contribution < 1.29 is 62.8 Å². The summed E-state index contributed by atoms with van der Waals surface area (Å²) in [5.41, 5.74) is 0.767. The normalized spacial score (nSPS) is 20.1. The number of hydrogen-bond donors (Lipinski definition) is 4. The Morgan fingerprint density at radius 1 is 0.833 bits per heavy atom. The maximum atomic E-state index is 14.8. The lowest BCUT2D eigenvalue weighted by Crippen LogP contribution is -2.56. The van der Waals surface area contributed by atoms with Crippen molar-refractivity contribution in [1.29, 1.82) is 0 Å². The highest BCUT2D eigenvalue weighted by Gasteiger charge is 2.44. The smallest absolute Gasteiger partial charge is 0.327 e. The van der Waals surface area contributed by atoms with Gasteiger partial charge in [-0.25, -0.2) is 14.6 Å². The Labute approximate surface area is 464 Å². The van der Waals surface area contributed by atoms with Gasteiger partial charge in [0.05, 0.1) is 41.9 Å². The van der Waals surface area contributed by atoms with E-state index in [-0.39, 0.29) is 72.9 Å². The molecule has 1 aromatic rings. The molecule has 3 saturated heterocycles. The third kappa shape index (κ3) is 17.9. The second kappa shape index (κ2) is 31.1. The van der Waals surface area contributed by atoms with Crippen LogP contribution in [-0.2, 0) is 59.0 Å². The average molecular weight is 1110 g/mol. The lowest BCUT2D eigenvalue weighted by atomic mass is 9.89. The van der Waals surface area contributed by atoms with Crippen molar-refractivity contribution in [3.8, 4) is 0 Å². The van der Waals surface area contributed by atoms with Crippen LogP contribution in [0.2, 0.25) is 0 Å². The summed E-state index contributed by atoms with van der Waals surface area (Å²) in [5.74, 6) is -5.05. The Kier molecular flexibility index (Phi) is 25.8. The number of amides is 7. The highest BCUT2D eigenvalue weighted by atomic mass is 32.2. The molecule has 0 spiro atoms. The summed E-state index contributed by atoms with van der Waals surface area (Å²) in [6, 6.07) is 4.95. The fourth-order valence-corrected chi connectivity index (χ4v) is 11.8. The molecular weight excluding hydrogens is 1030 g/mol. The summed E-state index contributed by atoms with van der Waals surface area (Å²) >= 11 is 1.04. The van der Waals surface area contributed by atoms with Crippen LogP contribution in [0.5, 0.6) is 0 Å². The van der Waals surface area contributed by atoms with Crippen molar-refractivity contribution >= 4 is 71.0 Å². The van der Waals surface area contributed by atoms with E-state index >= 15 is 0 Å². The molecule has 3 aliphatic rings. The molecule has 78 heavy (non-hydrogen) atoms. The van der Waals surface area contributed by atoms with Gasteiger partial charge >= 0.3 is 11.9 Å². The number of nitrogens with one attached hydrogen (secondary N) is 2. The van der Waals surface area contributed by atoms with Crippen LogP contribution in [0.15, 0.2) is 35.3 Å². The molecule has 4 N–H and O–H groups in total. The summed E-state index contributed by atoms with van der Waals surface area (Å²) in [4.78, 5) is 133. The number of ether oxygens (including phenoxy) is 2. The first-order valence-corrected chi connectivity index (χ1v) is 28.4. The van der Waals surface area contributed by atoms with Crippen molar-refractivity contribution in [3.05, 3.63) is 35.9 Å². The Morgan fingerprint density at radius 2 is 1.47 bits per heavy atom. The van der Waals surface area contributed by atoms with Gasteiger partial charge in [0.1, 0.15) is 18.1 Å². The zero-order valence-corrected chi connectivity index (χ0v) is 48.5. The van der Waals surface area contributed by atoms with E-state index in [1.165, 1.54) is 18.9 Å². The Hall–Kier alpha value is -5.81. The van der Waals surface area contributed by atoms with Crippen molar-refractivity contribution in [2.45, 2.75) is 153 Å². The van der Waals surface area contributed by atoms with Gasteiger partial charge in [-0.3, -0.25) is 38.5 Å². The van der Waals surface area contributed by atoms with Crippen LogP contribution >= 0.6 is 11.8 Å². The molecule has 0 bridgehead atoms. The van der Waals surface area contributed by atoms with E-state index in [0.29, 0.717) is 83.6 Å². The molecule has 3 heterocycles. The van der Waals surface area contributed by atoms with Gasteiger partial charge in [0.15, 0.2) is 5.96 Å². The van der Waals surface area contributed by atoms with E-state index in [4.69, 9.17) is 14.5 Å². The van der Waals surface area contributed by atoms with Crippen LogP contribution in [0.4, 0.5) is 0 Å². The minimum Gasteiger partial charge on any atom is -0.480 e. The molecule has 23 heteroatoms. The number of carboxylic acid groups (broad SMARTS) is 2. The van der Waals surface area contributed by atoms with Gasteiger partial charge in [0, 0.05) is 107 Å². The molecule has 3 fully saturated rings. The monoisotopic (exact) mass is 1110 g/mol. The maximum Gasteiger partial charge on any atom is 0.327 e. The molecule has 22 nitrogen and oxygen atoms in total. The number of unbranched alkanes of at least 4 members (excludes halogenated alkanes) is 2. The van der Waals surface area contributed by atoms with Gasteiger partial charge in [-0.1, -0.05) is 77.8 Å². The number of hydrogen-bond acceptors (Lipinski definition) is 13. The number of likely N-dealkylation sites (tertiary alicyclic amines) is 2. The van der Waals surface area contributed by atoms with Crippen LogP contribution in [0.3, 0.4) is 0 Å². The highest BCUT2D eigenvalue weighted by Crippen LogP contribution is 2.31. The van der Waals surface area contributed by atoms with Crippen molar-refractivity contribution in [2.24, 2.45) is 22.7 Å². The SMILES string of the molecule is CC[C@H](C)[C@@H]([C@@H](CC(=O)N1CCC[C@H]1[C@H](OC)[C@@H](C)C(=O)N[C@@H](Cc1ccccc1)C(=O)O)OC)N(C)C(=O)[C@@H](/N=C(\N(C)C)N1CCN(C(=O)CCCCCN2C(=O)CC(SC[C@H](NC(C)=O)C(=O)O)C2=O)CC1)C(C)C. The zero-order chi connectivity index (χ0) is 58.0. The quantitative estimate of drug-likeness (QED) is 0.0389. The zero-order valence-electron chi connectivity index (χ0n) is 47.7. The fraction of sp³-hybridized carbons (Fsp3) is 0.709. The first-order chi connectivity index (χ1) is 36.9. The van der Waals surface area contributed by atoms with Crippen molar-refractivity contribution in [1.82, 2.24) is 40.0 Å². The number of thioether (sulfide) groups is 1. The van der Waals surface area contributed by atoms with Crippen molar-refractivity contribution in [3.63, 3.8) is 0 Å². The van der Waals surface area contributed by atoms with E-state index in [2.05, 4.69) is 15.5 Å². The molecule has 1 aromatic carbocycles. The van der Waals surface area contributed by atoms with Gasteiger partial charge in [0.25, 0.3) is 0 Å². The molecule has 10 atom stereocenters. The second-order valence-electron chi connectivity index (χ2n) is 21.4. The second-order valence-corrected chi connectivity index (χ2v) is 22.6. The number of aliphatic imine (C=N–C) groups is 1. The van der Waals surface area contributed by atoms with Gasteiger partial charge < -0.3 is 54.8 Å². The van der Waals surface area contributed by atoms with E-state index < -0.39 is 77.3 Å². The topological polar surface area (TPSA) is 268 Å². The summed E-state index contributed by atoms with van der Waals surface area (Å²) in [7, 11) is 8.50. The molecule has 0 radical (unpaired) electrons. The summed E-state index contributed by atoms with van der Waals surface area (Å²) in [6.07, 6.45) is 2.55. The van der Waals surface area contributed by atoms with Crippen LogP contribution in [0.25, 0.3) is 0 Å². The molecule has 1 unspecified atom stereocenters. The Morgan fingerprint density at radius 3 is 2.04 bits per heavy atom. The van der Waals surface area contributed by atoms with E-state index in [1.54, 1.807) is 43.0 Å². The van der Waals surface area contributed by atoms with Crippen LogP contribution in [-0.4, -0.2) is 227 Å². The number of rotatable bonds is 29. The minimum absolute atomic E-state index is 0.00406. The number of benzene rings is 1. The molecule has 4 rings (SSSR count). The number of guanidine groups is 1. The molecule has 7 amide bonds. The van der Waals surface area contributed by atoms with E-state index in [0.717, 1.165) is 17.3 Å². The van der Waals surface area contributed by atoms with Gasteiger partial charge in [-0.15, -0.1) is 11.8 Å². The van der Waals surface area contributed by atoms with E-state index in [1.807, 2.05) is 69.8 Å². The predicted molar refractivity (Wildman–Crippen MR) is 295 cm³/mol. The third-order valence-corrected chi connectivity index (χ3v) is 16.5. The number of piperazine rings is 1. The number of likely N-dealkylation sites (N-methyl/N-ethyl adjacent to an activating group) is 1. The Balaban J connectivity index is 1.35. The number of aliphatic carboxylic acids is 2. The van der Waals surface area contributed by atoms with E-state index in [9.17, 15) is 53.4 Å². The third-order valence-electron chi connectivity index (χ3n) is 15.2. The molecular formula is C55H87N9O13S. The minimum atomic E-state index is -1.22. The predicted octanol–water partition coefficient (Wildman–Crippen LogP) is 2.82. The summed E-state index contributed by atoms with van der Waals surface area (Å²) in [6.45, 7) is 13.3. The number of nitrogens with zero attached hydrogens (tertiary/aromatic N) is 7. The number of carbonyl (C=O) groups excluding carboxylic acids is 7. The van der Waals surface area contributed by atoms with Gasteiger partial charge in [0.2, 0.25) is 41.4 Å². The van der Waals surface area contributed by atoms with Crippen molar-refractivity contribution in [2.75, 3.05) is 80.4 Å². The molecule has 436 valence electrons. The molecule has 0 aliphatic carbocycles. The van der Waals surface area contributed by atoms with Crippen LogP contribution in [0, 0.1) is 17.8 Å². The van der Waals surface area contributed by atoms with Gasteiger partial charge in [-0.05, 0) is 43.1 Å². The van der Waals surface area contributed by atoms with Gasteiger partial charge in [-0.2, -0.15) is 0 Å². The summed E-state index contributed by atoms with van der Waals surface area (Å²) in [5, 5.41) is 23.7. The summed E-state index contributed by atoms with van der Waals surface area (Å²) < 4.78 is 12.0. The number of carboxylic acids is 2. The largest absolute Gasteiger partial charge is 0.480 e. The average Bonchev–Trinajstić information content (AvgIpc) is 3.99. The highest BCUT2D eigenvalue weighted by molar-refractivity contribution is 8.00. The lowest BCUT2D eigenvalue weighted by Gasteiger charge is -2.41. The maximum absolute atomic E-state index is 14.8. The molecule has 3 aliphatic heterocycles.